The van der Waals surface area contributed by atoms with Crippen molar-refractivity contribution in [1.29, 1.82) is 0 Å². The molecule has 0 saturated heterocycles. The number of benzene rings is 3. The third-order valence-electron chi connectivity index (χ3n) is 3.53. The molecular formula is C20H16O3. The van der Waals surface area contributed by atoms with Crippen LogP contribution in [0.15, 0.2) is 84.9 Å². The van der Waals surface area contributed by atoms with Gasteiger partial charge < -0.3 is 9.84 Å². The number of esters is 1. The summed E-state index contributed by atoms with van der Waals surface area (Å²) in [5.41, 5.74) is 2.22. The standard InChI is InChI=1S/C20H16O3/c21-18-13-11-17(12-14-18)20(22)23-19(15-7-3-1-4-8-15)16-9-5-2-6-10-16/h1-14,19,21H. The minimum atomic E-state index is -0.473. The van der Waals surface area contributed by atoms with Gasteiger partial charge in [0, 0.05) is 0 Å². The second-order valence-electron chi connectivity index (χ2n) is 5.15. The molecule has 0 spiro atoms. The van der Waals surface area contributed by atoms with Crippen LogP contribution in [0, 0.1) is 0 Å². The third kappa shape index (κ3) is 3.58. The number of carbonyl (C=O) groups excluding carboxylic acids is 1. The SMILES string of the molecule is O=C(OC(c1ccccc1)c1ccccc1)c1ccc(O)cc1. The molecule has 3 rings (SSSR count). The van der Waals surface area contributed by atoms with Crippen LogP contribution in [0.5, 0.6) is 5.75 Å². The predicted molar refractivity (Wildman–Crippen MR) is 88.2 cm³/mol. The van der Waals surface area contributed by atoms with Gasteiger partial charge in [0.2, 0.25) is 0 Å². The summed E-state index contributed by atoms with van der Waals surface area (Å²) in [6.07, 6.45) is -0.473. The van der Waals surface area contributed by atoms with Gasteiger partial charge in [0.1, 0.15) is 5.75 Å². The zero-order valence-corrected chi connectivity index (χ0v) is 12.4. The Kier molecular flexibility index (Phi) is 4.39. The van der Waals surface area contributed by atoms with Crippen LogP contribution in [0.3, 0.4) is 0 Å². The molecule has 0 unspecified atom stereocenters. The molecule has 3 heteroatoms. The Morgan fingerprint density at radius 1 is 0.739 bits per heavy atom. The highest BCUT2D eigenvalue weighted by Gasteiger charge is 2.19. The molecule has 0 bridgehead atoms. The lowest BCUT2D eigenvalue weighted by atomic mass is 10.0. The van der Waals surface area contributed by atoms with Gasteiger partial charge in [-0.05, 0) is 35.4 Å². The van der Waals surface area contributed by atoms with Crippen molar-refractivity contribution in [3.63, 3.8) is 0 Å². The first-order chi connectivity index (χ1) is 11.2. The average Bonchev–Trinajstić information content (AvgIpc) is 2.61. The molecule has 3 nitrogen and oxygen atoms in total. The fourth-order valence-corrected chi connectivity index (χ4v) is 2.36. The highest BCUT2D eigenvalue weighted by Crippen LogP contribution is 2.27. The number of ether oxygens (including phenoxy) is 1. The lowest BCUT2D eigenvalue weighted by Gasteiger charge is -2.19. The molecule has 0 fully saturated rings. The van der Waals surface area contributed by atoms with E-state index in [9.17, 15) is 9.90 Å². The van der Waals surface area contributed by atoms with Gasteiger partial charge in [0.15, 0.2) is 6.10 Å². The second-order valence-corrected chi connectivity index (χ2v) is 5.15. The van der Waals surface area contributed by atoms with Crippen LogP contribution >= 0.6 is 0 Å². The largest absolute Gasteiger partial charge is 0.508 e. The molecule has 23 heavy (non-hydrogen) atoms. The fraction of sp³-hybridized carbons (Fsp3) is 0.0500. The minimum Gasteiger partial charge on any atom is -0.508 e. The van der Waals surface area contributed by atoms with Gasteiger partial charge in [-0.1, -0.05) is 60.7 Å². The van der Waals surface area contributed by atoms with E-state index in [-0.39, 0.29) is 5.75 Å². The van der Waals surface area contributed by atoms with E-state index in [1.807, 2.05) is 60.7 Å². The Hall–Kier alpha value is -3.07. The number of hydrogen-bond acceptors (Lipinski definition) is 3. The van der Waals surface area contributed by atoms with E-state index in [4.69, 9.17) is 4.74 Å². The van der Waals surface area contributed by atoms with E-state index in [1.54, 1.807) is 12.1 Å². The first-order valence-electron chi connectivity index (χ1n) is 7.34. The number of aromatic hydroxyl groups is 1. The molecule has 3 aromatic carbocycles. The van der Waals surface area contributed by atoms with Crippen molar-refractivity contribution in [2.24, 2.45) is 0 Å². The number of phenols is 1. The van der Waals surface area contributed by atoms with Gasteiger partial charge in [-0.2, -0.15) is 0 Å². The van der Waals surface area contributed by atoms with Crippen LogP contribution in [-0.2, 0) is 4.74 Å². The Morgan fingerprint density at radius 2 is 1.22 bits per heavy atom. The maximum Gasteiger partial charge on any atom is 0.339 e. The summed E-state index contributed by atoms with van der Waals surface area (Å²) in [6, 6.07) is 25.3. The highest BCUT2D eigenvalue weighted by atomic mass is 16.5. The molecular weight excluding hydrogens is 288 g/mol. The summed E-state index contributed by atoms with van der Waals surface area (Å²) in [7, 11) is 0. The first-order valence-corrected chi connectivity index (χ1v) is 7.34. The number of carbonyl (C=O) groups is 1. The van der Waals surface area contributed by atoms with E-state index in [0.29, 0.717) is 5.56 Å². The topological polar surface area (TPSA) is 46.5 Å². The maximum atomic E-state index is 12.4. The smallest absolute Gasteiger partial charge is 0.339 e. The van der Waals surface area contributed by atoms with Crippen LogP contribution in [0.25, 0.3) is 0 Å². The molecule has 0 heterocycles. The summed E-state index contributed by atoms with van der Waals surface area (Å²) < 4.78 is 5.73. The monoisotopic (exact) mass is 304 g/mol. The predicted octanol–water partition coefficient (Wildman–Crippen LogP) is 4.34. The summed E-state index contributed by atoms with van der Waals surface area (Å²) in [5, 5.41) is 9.32. The van der Waals surface area contributed by atoms with Crippen LogP contribution in [0.2, 0.25) is 0 Å². The van der Waals surface area contributed by atoms with E-state index >= 15 is 0 Å². The molecule has 0 saturated carbocycles. The Labute approximate surface area is 134 Å². The van der Waals surface area contributed by atoms with Gasteiger partial charge >= 0.3 is 5.97 Å². The molecule has 1 N–H and O–H groups in total. The average molecular weight is 304 g/mol. The molecule has 0 aliphatic carbocycles. The van der Waals surface area contributed by atoms with E-state index in [0.717, 1.165) is 11.1 Å². The van der Waals surface area contributed by atoms with Gasteiger partial charge in [0.05, 0.1) is 5.56 Å². The fourth-order valence-electron chi connectivity index (χ4n) is 2.36. The van der Waals surface area contributed by atoms with E-state index in [2.05, 4.69) is 0 Å². The summed E-state index contributed by atoms with van der Waals surface area (Å²) in [6.45, 7) is 0. The number of rotatable bonds is 4. The molecule has 0 atom stereocenters. The number of hydrogen-bond donors (Lipinski definition) is 1. The van der Waals surface area contributed by atoms with E-state index < -0.39 is 12.1 Å². The Morgan fingerprint density at radius 3 is 1.70 bits per heavy atom. The quantitative estimate of drug-likeness (QED) is 0.729. The molecule has 0 aromatic heterocycles. The zero-order chi connectivity index (χ0) is 16.1. The normalized spacial score (nSPS) is 10.5. The van der Waals surface area contributed by atoms with Gasteiger partial charge in [-0.25, -0.2) is 4.79 Å². The van der Waals surface area contributed by atoms with Crippen LogP contribution in [0.1, 0.15) is 27.6 Å². The van der Waals surface area contributed by atoms with Crippen LogP contribution in [-0.4, -0.2) is 11.1 Å². The molecule has 3 aromatic rings. The summed E-state index contributed by atoms with van der Waals surface area (Å²) in [5.74, 6) is -0.313. The maximum absolute atomic E-state index is 12.4. The lowest BCUT2D eigenvalue weighted by molar-refractivity contribution is 0.0378. The van der Waals surface area contributed by atoms with Crippen molar-refractivity contribution in [3.8, 4) is 5.75 Å². The first kappa shape index (κ1) is 14.9. The molecule has 0 aliphatic heterocycles. The van der Waals surface area contributed by atoms with Crippen molar-refractivity contribution in [1.82, 2.24) is 0 Å². The molecule has 0 amide bonds. The van der Waals surface area contributed by atoms with Crippen LogP contribution < -0.4 is 0 Å². The van der Waals surface area contributed by atoms with Crippen LogP contribution in [0.4, 0.5) is 0 Å². The zero-order valence-electron chi connectivity index (χ0n) is 12.4. The van der Waals surface area contributed by atoms with Crippen molar-refractivity contribution < 1.29 is 14.6 Å². The molecule has 0 radical (unpaired) electrons. The van der Waals surface area contributed by atoms with Crippen molar-refractivity contribution in [3.05, 3.63) is 102 Å². The third-order valence-corrected chi connectivity index (χ3v) is 3.53. The minimum absolute atomic E-state index is 0.115. The number of phenolic OH excluding ortho intramolecular Hbond substituents is 1. The van der Waals surface area contributed by atoms with Crippen molar-refractivity contribution in [2.75, 3.05) is 0 Å². The lowest BCUT2D eigenvalue weighted by Crippen LogP contribution is -2.13. The van der Waals surface area contributed by atoms with Crippen molar-refractivity contribution >= 4 is 5.97 Å². The summed E-state index contributed by atoms with van der Waals surface area (Å²) >= 11 is 0. The summed E-state index contributed by atoms with van der Waals surface area (Å²) in [4.78, 5) is 12.4. The Balaban J connectivity index is 1.90. The van der Waals surface area contributed by atoms with Gasteiger partial charge in [-0.3, -0.25) is 0 Å². The molecule has 0 aliphatic rings. The van der Waals surface area contributed by atoms with E-state index in [1.165, 1.54) is 12.1 Å². The Bertz CT molecular complexity index is 726. The van der Waals surface area contributed by atoms with Gasteiger partial charge in [-0.15, -0.1) is 0 Å². The van der Waals surface area contributed by atoms with Gasteiger partial charge in [0.25, 0.3) is 0 Å². The van der Waals surface area contributed by atoms with Crippen molar-refractivity contribution in [2.45, 2.75) is 6.10 Å². The highest BCUT2D eigenvalue weighted by molar-refractivity contribution is 5.89. The molecule has 114 valence electrons. The second kappa shape index (κ2) is 6.79.